The molecule has 104 valence electrons. The van der Waals surface area contributed by atoms with Gasteiger partial charge in [0.15, 0.2) is 11.4 Å². The number of rotatable bonds is 2. The lowest BCUT2D eigenvalue weighted by Crippen LogP contribution is -2.12. The summed E-state index contributed by atoms with van der Waals surface area (Å²) in [6.45, 7) is 5.74. The van der Waals surface area contributed by atoms with Crippen molar-refractivity contribution in [1.82, 2.24) is 0 Å². The molecule has 0 bridgehead atoms. The molecule has 0 aliphatic heterocycles. The van der Waals surface area contributed by atoms with Crippen LogP contribution in [0.5, 0.6) is 0 Å². The van der Waals surface area contributed by atoms with Crippen molar-refractivity contribution in [3.8, 4) is 0 Å². The summed E-state index contributed by atoms with van der Waals surface area (Å²) in [6.07, 6.45) is 0. The molecule has 3 nitrogen and oxygen atoms in total. The first kappa shape index (κ1) is 12.9. The van der Waals surface area contributed by atoms with Crippen LogP contribution in [0.25, 0.3) is 11.0 Å². The molecule has 0 spiro atoms. The van der Waals surface area contributed by atoms with Gasteiger partial charge in [0.2, 0.25) is 0 Å². The number of hydrogen-bond acceptors (Lipinski definition) is 3. The van der Waals surface area contributed by atoms with E-state index in [9.17, 15) is 4.39 Å². The smallest absolute Gasteiger partial charge is 0.169 e. The van der Waals surface area contributed by atoms with Gasteiger partial charge in [0, 0.05) is 10.9 Å². The highest BCUT2D eigenvalue weighted by Gasteiger charge is 2.22. The Kier molecular flexibility index (Phi) is 2.91. The predicted octanol–water partition coefficient (Wildman–Crippen LogP) is 4.14. The minimum atomic E-state index is -0.459. The molecule has 0 saturated heterocycles. The maximum absolute atomic E-state index is 13.7. The van der Waals surface area contributed by atoms with E-state index in [1.807, 2.05) is 20.8 Å². The van der Waals surface area contributed by atoms with Crippen LogP contribution in [0.4, 0.5) is 4.39 Å². The molecule has 0 aliphatic rings. The number of fused-ring (bicyclic) bond motifs is 1. The minimum absolute atomic E-state index is 0.244. The Labute approximate surface area is 116 Å². The third-order valence-corrected chi connectivity index (χ3v) is 3.75. The molecule has 1 unspecified atom stereocenters. The first-order valence-corrected chi connectivity index (χ1v) is 6.49. The normalized spacial score (nSPS) is 13.1. The number of furan rings is 2. The van der Waals surface area contributed by atoms with Crippen LogP contribution in [0.2, 0.25) is 0 Å². The Bertz CT molecular complexity index is 785. The fraction of sp³-hybridized carbons (Fsp3) is 0.250. The lowest BCUT2D eigenvalue weighted by atomic mass is 10.0. The van der Waals surface area contributed by atoms with E-state index in [1.54, 1.807) is 18.2 Å². The van der Waals surface area contributed by atoms with E-state index < -0.39 is 6.04 Å². The Morgan fingerprint density at radius 1 is 1.10 bits per heavy atom. The number of aryl methyl sites for hydroxylation is 2. The lowest BCUT2D eigenvalue weighted by molar-refractivity contribution is 0.483. The van der Waals surface area contributed by atoms with Gasteiger partial charge in [-0.3, -0.25) is 0 Å². The fourth-order valence-electron chi connectivity index (χ4n) is 2.61. The third-order valence-electron chi connectivity index (χ3n) is 3.75. The molecule has 0 radical (unpaired) electrons. The maximum Gasteiger partial charge on any atom is 0.169 e. The van der Waals surface area contributed by atoms with E-state index in [0.29, 0.717) is 11.1 Å². The number of halogens is 1. The standard InChI is InChI=1S/C16H16FNO2/c1-8-9(2)19-10(3)14(8)15(18)13-7-11-5-4-6-12(17)16(11)20-13/h4-7,15H,18H2,1-3H3. The molecule has 3 rings (SSSR count). The van der Waals surface area contributed by atoms with Crippen LogP contribution in [-0.2, 0) is 0 Å². The first-order valence-electron chi connectivity index (χ1n) is 6.49. The molecular weight excluding hydrogens is 257 g/mol. The van der Waals surface area contributed by atoms with E-state index in [1.165, 1.54) is 6.07 Å². The van der Waals surface area contributed by atoms with Crippen LogP contribution in [0, 0.1) is 26.6 Å². The van der Waals surface area contributed by atoms with Gasteiger partial charge in [0.25, 0.3) is 0 Å². The Morgan fingerprint density at radius 2 is 1.85 bits per heavy atom. The zero-order valence-corrected chi connectivity index (χ0v) is 11.7. The van der Waals surface area contributed by atoms with Crippen LogP contribution >= 0.6 is 0 Å². The first-order chi connectivity index (χ1) is 9.49. The van der Waals surface area contributed by atoms with Crippen molar-refractivity contribution in [2.75, 3.05) is 0 Å². The van der Waals surface area contributed by atoms with Crippen molar-refractivity contribution in [3.63, 3.8) is 0 Å². The van der Waals surface area contributed by atoms with Crippen LogP contribution < -0.4 is 5.73 Å². The number of benzene rings is 1. The average molecular weight is 273 g/mol. The van der Waals surface area contributed by atoms with Crippen LogP contribution in [-0.4, -0.2) is 0 Å². The summed E-state index contributed by atoms with van der Waals surface area (Å²) in [5, 5.41) is 0.714. The SMILES string of the molecule is Cc1oc(C)c(C(N)c2cc3cccc(F)c3o2)c1C. The second kappa shape index (κ2) is 4.49. The molecule has 0 saturated carbocycles. The average Bonchev–Trinajstić information content (AvgIpc) is 2.93. The Balaban J connectivity index is 2.13. The summed E-state index contributed by atoms with van der Waals surface area (Å²) in [5.74, 6) is 1.78. The van der Waals surface area contributed by atoms with Gasteiger partial charge in [-0.2, -0.15) is 0 Å². The summed E-state index contributed by atoms with van der Waals surface area (Å²) >= 11 is 0. The maximum atomic E-state index is 13.7. The van der Waals surface area contributed by atoms with Gasteiger partial charge in [-0.1, -0.05) is 12.1 Å². The highest BCUT2D eigenvalue weighted by Crippen LogP contribution is 2.33. The van der Waals surface area contributed by atoms with E-state index in [-0.39, 0.29) is 11.4 Å². The van der Waals surface area contributed by atoms with Crippen molar-refractivity contribution in [2.24, 2.45) is 5.73 Å². The van der Waals surface area contributed by atoms with E-state index in [4.69, 9.17) is 14.6 Å². The van der Waals surface area contributed by atoms with Gasteiger partial charge >= 0.3 is 0 Å². The molecule has 2 aromatic heterocycles. The molecule has 2 heterocycles. The number of para-hydroxylation sites is 1. The minimum Gasteiger partial charge on any atom is -0.466 e. The molecule has 0 aliphatic carbocycles. The van der Waals surface area contributed by atoms with Crippen molar-refractivity contribution in [1.29, 1.82) is 0 Å². The highest BCUT2D eigenvalue weighted by molar-refractivity contribution is 5.78. The van der Waals surface area contributed by atoms with E-state index in [0.717, 1.165) is 22.6 Å². The molecule has 0 amide bonds. The van der Waals surface area contributed by atoms with Gasteiger partial charge in [0.05, 0.1) is 6.04 Å². The molecule has 3 aromatic rings. The van der Waals surface area contributed by atoms with Crippen molar-refractivity contribution in [3.05, 3.63) is 58.5 Å². The van der Waals surface area contributed by atoms with Crippen molar-refractivity contribution < 1.29 is 13.2 Å². The van der Waals surface area contributed by atoms with Gasteiger partial charge in [0.1, 0.15) is 17.3 Å². The Morgan fingerprint density at radius 3 is 2.45 bits per heavy atom. The van der Waals surface area contributed by atoms with Gasteiger partial charge < -0.3 is 14.6 Å². The number of nitrogens with two attached hydrogens (primary N) is 1. The largest absolute Gasteiger partial charge is 0.466 e. The van der Waals surface area contributed by atoms with Gasteiger partial charge in [-0.15, -0.1) is 0 Å². The number of hydrogen-bond donors (Lipinski definition) is 1. The lowest BCUT2D eigenvalue weighted by Gasteiger charge is -2.09. The van der Waals surface area contributed by atoms with Crippen molar-refractivity contribution >= 4 is 11.0 Å². The predicted molar refractivity (Wildman–Crippen MR) is 75.1 cm³/mol. The summed E-state index contributed by atoms with van der Waals surface area (Å²) in [5.41, 5.74) is 8.43. The summed E-state index contributed by atoms with van der Waals surface area (Å²) in [6, 6.07) is 6.16. The fourth-order valence-corrected chi connectivity index (χ4v) is 2.61. The van der Waals surface area contributed by atoms with E-state index in [2.05, 4.69) is 0 Å². The molecule has 1 aromatic carbocycles. The monoisotopic (exact) mass is 273 g/mol. The summed E-state index contributed by atoms with van der Waals surface area (Å²) < 4.78 is 24.9. The molecule has 4 heteroatoms. The molecule has 2 N–H and O–H groups in total. The summed E-state index contributed by atoms with van der Waals surface area (Å²) in [4.78, 5) is 0. The van der Waals surface area contributed by atoms with Crippen molar-refractivity contribution in [2.45, 2.75) is 26.8 Å². The van der Waals surface area contributed by atoms with Gasteiger partial charge in [-0.25, -0.2) is 4.39 Å². The summed E-state index contributed by atoms with van der Waals surface area (Å²) in [7, 11) is 0. The van der Waals surface area contributed by atoms with E-state index >= 15 is 0 Å². The van der Waals surface area contributed by atoms with Gasteiger partial charge in [-0.05, 0) is 38.5 Å². The van der Waals surface area contributed by atoms with Crippen LogP contribution in [0.1, 0.15) is 34.4 Å². The topological polar surface area (TPSA) is 52.3 Å². The molecule has 1 atom stereocenters. The quantitative estimate of drug-likeness (QED) is 0.763. The highest BCUT2D eigenvalue weighted by atomic mass is 19.1. The van der Waals surface area contributed by atoms with Crippen LogP contribution in [0.3, 0.4) is 0 Å². The zero-order valence-electron chi connectivity index (χ0n) is 11.7. The third kappa shape index (κ3) is 1.84. The Hall–Kier alpha value is -2.07. The second-order valence-corrected chi connectivity index (χ2v) is 5.04. The van der Waals surface area contributed by atoms with Crippen LogP contribution in [0.15, 0.2) is 33.1 Å². The second-order valence-electron chi connectivity index (χ2n) is 5.04. The molecular formula is C16H16FNO2. The molecule has 20 heavy (non-hydrogen) atoms. The molecule has 0 fully saturated rings. The zero-order chi connectivity index (χ0) is 14.4.